The van der Waals surface area contributed by atoms with Gasteiger partial charge >= 0.3 is 53.7 Å². The highest BCUT2D eigenvalue weighted by molar-refractivity contribution is 5.82. The van der Waals surface area contributed by atoms with Crippen LogP contribution in [0.4, 0.5) is 0 Å². The summed E-state index contributed by atoms with van der Waals surface area (Å²) < 4.78 is 84.4. The number of esters is 9. The summed E-state index contributed by atoms with van der Waals surface area (Å²) in [6.07, 6.45) is -7.92. The van der Waals surface area contributed by atoms with Crippen LogP contribution in [0.1, 0.15) is 257 Å². The molecule has 3 fully saturated rings. The molecule has 0 saturated carbocycles. The van der Waals surface area contributed by atoms with Gasteiger partial charge in [-0.2, -0.15) is 0 Å². The van der Waals surface area contributed by atoms with Crippen LogP contribution in [0.15, 0.2) is 0 Å². The summed E-state index contributed by atoms with van der Waals surface area (Å²) in [6, 6.07) is -3.50. The Morgan fingerprint density at radius 2 is 0.507 bits per heavy atom. The largest absolute Gasteiger partial charge is 0.463 e. The molecule has 0 aromatic rings. The summed E-state index contributed by atoms with van der Waals surface area (Å²) in [4.78, 5) is 252. The number of hydrogen-bond acceptors (Lipinski definition) is 35. The van der Waals surface area contributed by atoms with Crippen molar-refractivity contribution in [2.75, 3.05) is 85.5 Å². The van der Waals surface area contributed by atoms with Gasteiger partial charge in [-0.05, 0) is 89.9 Å². The molecule has 15 atom stereocenters. The number of carbonyl (C=O) groups excluding carboxylic acids is 20. The van der Waals surface area contributed by atoms with Crippen LogP contribution in [-0.4, -0.2) is 296 Å². The van der Waals surface area contributed by atoms with Crippen molar-refractivity contribution >= 4 is 119 Å². The minimum Gasteiger partial charge on any atom is -0.463 e. The number of hydrogen-bond donors (Lipinski definition) is 10. The average molecular weight is 1910 g/mol. The van der Waals surface area contributed by atoms with Crippen LogP contribution in [-0.2, 0) is 167 Å². The van der Waals surface area contributed by atoms with Gasteiger partial charge in [-0.1, -0.05) is 33.1 Å². The van der Waals surface area contributed by atoms with Crippen LogP contribution >= 0.6 is 0 Å². The van der Waals surface area contributed by atoms with Gasteiger partial charge < -0.3 is 124 Å². The fraction of sp³-hybridized carbons (Fsp3) is 0.775. The van der Waals surface area contributed by atoms with Crippen LogP contribution < -0.4 is 53.2 Å². The topological polar surface area (TPSA) is 600 Å². The van der Waals surface area contributed by atoms with Gasteiger partial charge in [-0.15, -0.1) is 0 Å². The number of unbranched alkanes of at least 4 members (excludes halogenated alkanes) is 9. The summed E-state index contributed by atoms with van der Waals surface area (Å²) in [7, 11) is 0. The van der Waals surface area contributed by atoms with Crippen molar-refractivity contribution in [3.8, 4) is 0 Å². The Morgan fingerprint density at radius 3 is 0.754 bits per heavy atom. The molecule has 0 aliphatic carbocycles. The lowest BCUT2D eigenvalue weighted by Gasteiger charge is -2.44. The Bertz CT molecular complexity index is 3470. The molecule has 10 amide bonds. The molecule has 45 nitrogen and oxygen atoms in total. The van der Waals surface area contributed by atoms with Gasteiger partial charge in [0.05, 0.1) is 0 Å². The van der Waals surface area contributed by atoms with Gasteiger partial charge in [0.25, 0.3) is 0 Å². The zero-order chi connectivity index (χ0) is 99.8. The third kappa shape index (κ3) is 50.6. The molecular formula is C89H144N10O35. The van der Waals surface area contributed by atoms with Crippen LogP contribution in [0.2, 0.25) is 0 Å². The zero-order valence-electron chi connectivity index (χ0n) is 79.9. The Kier molecular flexibility index (Phi) is 57.1. The predicted molar refractivity (Wildman–Crippen MR) is 469 cm³/mol. The lowest BCUT2D eigenvalue weighted by Crippen LogP contribution is -2.66. The third-order valence-corrected chi connectivity index (χ3v) is 21.1. The maximum atomic E-state index is 13.8. The molecule has 0 bridgehead atoms. The standard InChI is InChI=1S/C89H144N10O35/c1-53(2)66(112)31-30-43-93-76(119)38-39-89(50-94-73(116)32-18-15-24-40-90-70(113)35-21-27-44-120-86-77(97-54(3)100)83(129-63(12)109)80(126-60(9)106)67(132-86)47-123-57(6)103,51-95-74(117)33-19-16-25-41-91-71(114)36-22-28-45-121-87-78(98-55(4)101)84(130-64(13)110)81(127-61(10)107)68(133-87)48-124-58(7)104)52-96-75(118)34-20-17-26-42-92-72(115)37-23-29-46-122-88-79(99-56(5)102)85(131-65(14)111)82(128-62(11)108)69(134-88)49-125-59(8)105/h53,67-69,77-88H,15-52H2,1-14H3,(H,90,113)(H,91,114)(H,92,115)(H,93,119)(H,94,116)(H,95,117)(H,96,118)(H,97,100)(H,98,101)(H,99,102). The first-order chi connectivity index (χ1) is 63.5. The van der Waals surface area contributed by atoms with Crippen LogP contribution in [0.25, 0.3) is 0 Å². The molecule has 15 unspecified atom stereocenters. The van der Waals surface area contributed by atoms with Crippen molar-refractivity contribution in [1.82, 2.24) is 53.2 Å². The molecule has 45 heteroatoms. The van der Waals surface area contributed by atoms with E-state index in [-0.39, 0.29) is 176 Å². The van der Waals surface area contributed by atoms with Crippen molar-refractivity contribution in [1.29, 1.82) is 0 Å². The number of ketones is 1. The molecule has 3 heterocycles. The van der Waals surface area contributed by atoms with Gasteiger partial charge in [-0.25, -0.2) is 0 Å². The lowest BCUT2D eigenvalue weighted by molar-refractivity contribution is -0.277. The Morgan fingerprint density at radius 1 is 0.269 bits per heavy atom. The van der Waals surface area contributed by atoms with E-state index in [9.17, 15) is 95.9 Å². The van der Waals surface area contributed by atoms with Crippen LogP contribution in [0.5, 0.6) is 0 Å². The second kappa shape index (κ2) is 65.1. The Balaban J connectivity index is 1.69. The van der Waals surface area contributed by atoms with Gasteiger partial charge in [-0.3, -0.25) is 95.9 Å². The minimum atomic E-state index is -1.31. The van der Waals surface area contributed by atoms with Gasteiger partial charge in [0.2, 0.25) is 59.1 Å². The molecule has 760 valence electrons. The average Bonchev–Trinajstić information content (AvgIpc) is 0.794. The van der Waals surface area contributed by atoms with E-state index in [4.69, 9.17) is 71.1 Å². The second-order valence-corrected chi connectivity index (χ2v) is 33.5. The third-order valence-electron chi connectivity index (χ3n) is 21.1. The monoisotopic (exact) mass is 1910 g/mol. The van der Waals surface area contributed by atoms with E-state index in [2.05, 4.69) is 53.2 Å². The van der Waals surface area contributed by atoms with Gasteiger partial charge in [0.15, 0.2) is 55.5 Å². The number of ether oxygens (including phenoxy) is 15. The highest BCUT2D eigenvalue weighted by Gasteiger charge is 2.55. The number of carbonyl (C=O) groups is 20. The normalized spacial score (nSPS) is 21.6. The number of amides is 10. The number of nitrogens with one attached hydrogen (secondary N) is 10. The fourth-order valence-corrected chi connectivity index (χ4v) is 14.6. The molecule has 3 saturated heterocycles. The maximum Gasteiger partial charge on any atom is 0.303 e. The maximum absolute atomic E-state index is 13.8. The van der Waals surface area contributed by atoms with E-state index in [0.29, 0.717) is 103 Å². The molecule has 3 rings (SSSR count). The van der Waals surface area contributed by atoms with Gasteiger partial charge in [0, 0.05) is 211 Å². The second-order valence-electron chi connectivity index (χ2n) is 33.5. The Hall–Kier alpha value is -10.6. The van der Waals surface area contributed by atoms with Crippen molar-refractivity contribution in [3.05, 3.63) is 0 Å². The molecule has 0 aromatic carbocycles. The highest BCUT2D eigenvalue weighted by Crippen LogP contribution is 2.33. The van der Waals surface area contributed by atoms with Crippen molar-refractivity contribution in [2.24, 2.45) is 11.3 Å². The SMILES string of the molecule is CC(=O)NC1C(OCCCCC(=O)NCCCCCC(=O)NCC(CCC(=O)NCCCC(=O)C(C)C)(CNC(=O)CCCCCNC(=O)CCCCOC2OC(COC(C)=O)C(OC(C)=O)C(OC(C)=O)C2NC(C)=O)CNC(=O)CCCCCNC(=O)CCCCOC2OC(COC(C)=O)C(OC(C)=O)C(OC(C)=O)C2NC(C)=O)OC(COC(C)=O)C(OC(C)=O)C1OC(C)=O. The van der Waals surface area contributed by atoms with E-state index in [1.54, 1.807) is 13.8 Å². The summed E-state index contributed by atoms with van der Waals surface area (Å²) in [5.74, 6) is -10.7. The van der Waals surface area contributed by atoms with E-state index in [0.717, 1.165) is 62.3 Å². The quantitative estimate of drug-likeness (QED) is 0.0236. The highest BCUT2D eigenvalue weighted by atomic mass is 16.7. The first-order valence-electron chi connectivity index (χ1n) is 45.9. The zero-order valence-corrected chi connectivity index (χ0v) is 79.9. The predicted octanol–water partition coefficient (Wildman–Crippen LogP) is 1.78. The van der Waals surface area contributed by atoms with Crippen molar-refractivity contribution in [2.45, 2.75) is 349 Å². The summed E-state index contributed by atoms with van der Waals surface area (Å²) in [6.45, 7) is 16.9. The van der Waals surface area contributed by atoms with Crippen LogP contribution in [0, 0.1) is 11.3 Å². The van der Waals surface area contributed by atoms with E-state index in [1.165, 1.54) is 20.8 Å². The summed E-state index contributed by atoms with van der Waals surface area (Å²) >= 11 is 0. The summed E-state index contributed by atoms with van der Waals surface area (Å²) in [5, 5.41) is 28.3. The molecule has 0 radical (unpaired) electrons. The molecular weight excluding hydrogens is 1770 g/mol. The smallest absolute Gasteiger partial charge is 0.303 e. The summed E-state index contributed by atoms with van der Waals surface area (Å²) in [5.41, 5.74) is -1.16. The number of Topliss-reactive ketones (excluding diaryl/α,β-unsaturated/α-hetero) is 1. The lowest BCUT2D eigenvalue weighted by atomic mass is 9.82. The first kappa shape index (κ1) is 118. The van der Waals surface area contributed by atoms with Gasteiger partial charge in [0.1, 0.15) is 62.0 Å². The molecule has 0 spiro atoms. The molecule has 3 aliphatic heterocycles. The Labute approximate surface area is 781 Å². The van der Waals surface area contributed by atoms with E-state index in [1.807, 2.05) is 0 Å². The molecule has 10 N–H and O–H groups in total. The van der Waals surface area contributed by atoms with Crippen molar-refractivity contribution in [3.63, 3.8) is 0 Å². The molecule has 134 heavy (non-hydrogen) atoms. The minimum absolute atomic E-state index is 0.00326. The fourth-order valence-electron chi connectivity index (χ4n) is 14.6. The molecule has 3 aliphatic rings. The van der Waals surface area contributed by atoms with E-state index >= 15 is 0 Å². The molecule has 0 aromatic heterocycles. The van der Waals surface area contributed by atoms with E-state index < -0.39 is 189 Å². The van der Waals surface area contributed by atoms with Crippen LogP contribution in [0.3, 0.4) is 0 Å². The first-order valence-corrected chi connectivity index (χ1v) is 45.9. The number of rotatable bonds is 65. The van der Waals surface area contributed by atoms with Crippen molar-refractivity contribution < 1.29 is 167 Å².